The topological polar surface area (TPSA) is 15.3 Å². The van der Waals surface area contributed by atoms with Crippen molar-refractivity contribution in [2.24, 2.45) is 11.8 Å². The zero-order valence-corrected chi connectivity index (χ0v) is 13.4. The molecule has 0 saturated carbocycles. The highest BCUT2D eigenvalue weighted by Gasteiger charge is 2.27. The van der Waals surface area contributed by atoms with Crippen LogP contribution in [0.5, 0.6) is 0 Å². The zero-order chi connectivity index (χ0) is 13.8. The van der Waals surface area contributed by atoms with Crippen molar-refractivity contribution >= 4 is 0 Å². The fourth-order valence-corrected chi connectivity index (χ4v) is 3.18. The molecule has 2 nitrogen and oxygen atoms in total. The fraction of sp³-hybridized carbons (Fsp3) is 1.00. The van der Waals surface area contributed by atoms with E-state index < -0.39 is 0 Å². The van der Waals surface area contributed by atoms with Gasteiger partial charge in [0.1, 0.15) is 0 Å². The van der Waals surface area contributed by atoms with Gasteiger partial charge in [0.2, 0.25) is 0 Å². The van der Waals surface area contributed by atoms with Crippen LogP contribution in [0.4, 0.5) is 0 Å². The van der Waals surface area contributed by atoms with E-state index in [9.17, 15) is 0 Å². The van der Waals surface area contributed by atoms with Gasteiger partial charge in [0.25, 0.3) is 0 Å². The Balaban J connectivity index is 2.54. The van der Waals surface area contributed by atoms with Crippen LogP contribution in [0.25, 0.3) is 0 Å². The number of hydrogen-bond acceptors (Lipinski definition) is 2. The lowest BCUT2D eigenvalue weighted by molar-refractivity contribution is 0.0862. The first-order valence-electron chi connectivity index (χ1n) is 7.81. The highest BCUT2D eigenvalue weighted by Crippen LogP contribution is 2.24. The highest BCUT2D eigenvalue weighted by molar-refractivity contribution is 4.83. The van der Waals surface area contributed by atoms with Crippen LogP contribution in [-0.2, 0) is 0 Å². The Bertz CT molecular complexity index is 222. The molecule has 3 unspecified atom stereocenters. The molecule has 108 valence electrons. The number of likely N-dealkylation sites (tertiary alicyclic amines) is 1. The summed E-state index contributed by atoms with van der Waals surface area (Å²) in [6.45, 7) is 17.6. The molecule has 1 saturated heterocycles. The maximum atomic E-state index is 3.69. The Hall–Kier alpha value is -0.0800. The number of nitrogens with zero attached hydrogens (tertiary/aromatic N) is 1. The summed E-state index contributed by atoms with van der Waals surface area (Å²) < 4.78 is 0. The maximum Gasteiger partial charge on any atom is 0.0220 e. The Morgan fingerprint density at radius 2 is 1.72 bits per heavy atom. The van der Waals surface area contributed by atoms with Gasteiger partial charge in [-0.25, -0.2) is 0 Å². The molecule has 0 aliphatic carbocycles. The van der Waals surface area contributed by atoms with Crippen LogP contribution in [0, 0.1) is 11.8 Å². The molecular formula is C16H34N2. The molecule has 1 rings (SSSR count). The van der Waals surface area contributed by atoms with Crippen molar-refractivity contribution in [3.8, 4) is 0 Å². The zero-order valence-electron chi connectivity index (χ0n) is 13.4. The molecule has 1 aliphatic rings. The van der Waals surface area contributed by atoms with Gasteiger partial charge < -0.3 is 5.32 Å². The van der Waals surface area contributed by atoms with Crippen molar-refractivity contribution in [2.45, 2.75) is 72.4 Å². The number of hydrogen-bond donors (Lipinski definition) is 1. The third-order valence-electron chi connectivity index (χ3n) is 3.90. The van der Waals surface area contributed by atoms with Gasteiger partial charge in [0.05, 0.1) is 0 Å². The monoisotopic (exact) mass is 254 g/mol. The molecule has 0 aromatic rings. The maximum absolute atomic E-state index is 3.69. The van der Waals surface area contributed by atoms with Crippen LogP contribution < -0.4 is 5.32 Å². The molecule has 0 aromatic heterocycles. The molecule has 18 heavy (non-hydrogen) atoms. The predicted molar refractivity (Wildman–Crippen MR) is 81.0 cm³/mol. The van der Waals surface area contributed by atoms with Crippen molar-refractivity contribution in [3.05, 3.63) is 0 Å². The van der Waals surface area contributed by atoms with E-state index in [1.165, 1.54) is 32.4 Å². The Labute approximate surface area is 115 Å². The normalized spacial score (nSPS) is 28.3. The standard InChI is InChI=1S/C16H34N2/c1-7-8-15(10-17-16(4,5)6)18-11-13(2)9-14(3)12-18/h13-15,17H,7-12H2,1-6H3. The molecule has 1 heterocycles. The van der Waals surface area contributed by atoms with Crippen molar-refractivity contribution in [3.63, 3.8) is 0 Å². The van der Waals surface area contributed by atoms with E-state index in [0.29, 0.717) is 0 Å². The van der Waals surface area contributed by atoms with Crippen LogP contribution >= 0.6 is 0 Å². The van der Waals surface area contributed by atoms with E-state index in [0.717, 1.165) is 24.4 Å². The minimum absolute atomic E-state index is 0.235. The largest absolute Gasteiger partial charge is 0.311 e. The van der Waals surface area contributed by atoms with Crippen molar-refractivity contribution in [1.82, 2.24) is 10.2 Å². The van der Waals surface area contributed by atoms with E-state index in [4.69, 9.17) is 0 Å². The van der Waals surface area contributed by atoms with Gasteiger partial charge in [-0.3, -0.25) is 4.90 Å². The minimum atomic E-state index is 0.235. The fourth-order valence-electron chi connectivity index (χ4n) is 3.18. The minimum Gasteiger partial charge on any atom is -0.311 e. The lowest BCUT2D eigenvalue weighted by Crippen LogP contribution is -2.51. The number of piperidine rings is 1. The summed E-state index contributed by atoms with van der Waals surface area (Å²) in [5.41, 5.74) is 0.235. The molecule has 1 fully saturated rings. The van der Waals surface area contributed by atoms with Crippen LogP contribution in [0.3, 0.4) is 0 Å². The average molecular weight is 254 g/mol. The molecule has 0 bridgehead atoms. The summed E-state index contributed by atoms with van der Waals surface area (Å²) in [4.78, 5) is 2.74. The second kappa shape index (κ2) is 6.91. The van der Waals surface area contributed by atoms with Crippen LogP contribution in [-0.4, -0.2) is 36.1 Å². The second-order valence-electron chi connectivity index (χ2n) is 7.47. The molecule has 0 amide bonds. The third-order valence-corrected chi connectivity index (χ3v) is 3.90. The molecular weight excluding hydrogens is 220 g/mol. The molecule has 0 aromatic carbocycles. The lowest BCUT2D eigenvalue weighted by atomic mass is 9.90. The van der Waals surface area contributed by atoms with E-state index in [-0.39, 0.29) is 5.54 Å². The lowest BCUT2D eigenvalue weighted by Gasteiger charge is -2.41. The van der Waals surface area contributed by atoms with E-state index in [2.05, 4.69) is 51.8 Å². The summed E-state index contributed by atoms with van der Waals surface area (Å²) in [5.74, 6) is 1.73. The predicted octanol–water partition coefficient (Wildman–Crippen LogP) is 3.52. The smallest absolute Gasteiger partial charge is 0.0220 e. The molecule has 1 N–H and O–H groups in total. The van der Waals surface area contributed by atoms with E-state index in [1.54, 1.807) is 0 Å². The van der Waals surface area contributed by atoms with Gasteiger partial charge in [-0.05, 0) is 45.4 Å². The Morgan fingerprint density at radius 3 is 2.17 bits per heavy atom. The quantitative estimate of drug-likeness (QED) is 0.807. The molecule has 2 heteroatoms. The number of nitrogens with one attached hydrogen (secondary N) is 1. The SMILES string of the molecule is CCCC(CNC(C)(C)C)N1CC(C)CC(C)C1. The molecule has 0 radical (unpaired) electrons. The molecule has 3 atom stereocenters. The first-order chi connectivity index (χ1) is 8.31. The Morgan fingerprint density at radius 1 is 1.17 bits per heavy atom. The van der Waals surface area contributed by atoms with Gasteiger partial charge in [-0.15, -0.1) is 0 Å². The van der Waals surface area contributed by atoms with Crippen molar-refractivity contribution in [1.29, 1.82) is 0 Å². The van der Waals surface area contributed by atoms with Crippen LogP contribution in [0.1, 0.15) is 60.8 Å². The van der Waals surface area contributed by atoms with Crippen LogP contribution in [0.2, 0.25) is 0 Å². The number of rotatable bonds is 5. The third kappa shape index (κ3) is 5.71. The first-order valence-corrected chi connectivity index (χ1v) is 7.81. The summed E-state index contributed by atoms with van der Waals surface area (Å²) in [7, 11) is 0. The van der Waals surface area contributed by atoms with Gasteiger partial charge in [0.15, 0.2) is 0 Å². The van der Waals surface area contributed by atoms with Gasteiger partial charge in [-0.1, -0.05) is 27.2 Å². The summed E-state index contributed by atoms with van der Waals surface area (Å²) in [6.07, 6.45) is 4.01. The first kappa shape index (κ1) is 16.0. The highest BCUT2D eigenvalue weighted by atomic mass is 15.2. The van der Waals surface area contributed by atoms with Gasteiger partial charge in [-0.2, -0.15) is 0 Å². The van der Waals surface area contributed by atoms with Gasteiger partial charge in [0, 0.05) is 31.2 Å². The average Bonchev–Trinajstić information content (AvgIpc) is 2.21. The van der Waals surface area contributed by atoms with Crippen molar-refractivity contribution in [2.75, 3.05) is 19.6 Å². The molecule has 1 aliphatic heterocycles. The Kier molecular flexibility index (Phi) is 6.13. The van der Waals surface area contributed by atoms with Gasteiger partial charge >= 0.3 is 0 Å². The van der Waals surface area contributed by atoms with Crippen LogP contribution in [0.15, 0.2) is 0 Å². The summed E-state index contributed by atoms with van der Waals surface area (Å²) in [6, 6.07) is 0.722. The molecule has 0 spiro atoms. The van der Waals surface area contributed by atoms with Crippen molar-refractivity contribution < 1.29 is 0 Å². The second-order valence-corrected chi connectivity index (χ2v) is 7.47. The summed E-state index contributed by atoms with van der Waals surface area (Å²) >= 11 is 0. The summed E-state index contributed by atoms with van der Waals surface area (Å²) in [5, 5.41) is 3.69. The van der Waals surface area contributed by atoms with E-state index in [1.807, 2.05) is 0 Å². The van der Waals surface area contributed by atoms with E-state index >= 15 is 0 Å².